The SMILES string of the molecule is Cc1nc(NC(=O)CCl)c(C(=O)c2ccc(F)c3c2cnn3C2CCCCO2)nc1C. The van der Waals surface area contributed by atoms with Crippen LogP contribution in [0.15, 0.2) is 18.3 Å². The van der Waals surface area contributed by atoms with Crippen LogP contribution in [0.2, 0.25) is 0 Å². The second-order valence-electron chi connectivity index (χ2n) is 7.37. The molecule has 31 heavy (non-hydrogen) atoms. The van der Waals surface area contributed by atoms with Gasteiger partial charge in [0.2, 0.25) is 11.7 Å². The molecule has 0 bridgehead atoms. The molecular weight excluding hydrogens is 425 g/mol. The minimum Gasteiger partial charge on any atom is -0.356 e. The summed E-state index contributed by atoms with van der Waals surface area (Å²) in [5, 5.41) is 7.17. The number of ketones is 1. The molecule has 1 aromatic carbocycles. The molecule has 1 unspecified atom stereocenters. The van der Waals surface area contributed by atoms with E-state index < -0.39 is 17.5 Å². The average molecular weight is 446 g/mol. The third-order valence-electron chi connectivity index (χ3n) is 5.28. The molecule has 4 rings (SSSR count). The maximum Gasteiger partial charge on any atom is 0.240 e. The van der Waals surface area contributed by atoms with Gasteiger partial charge < -0.3 is 10.1 Å². The van der Waals surface area contributed by atoms with Gasteiger partial charge in [-0.3, -0.25) is 9.59 Å². The van der Waals surface area contributed by atoms with Gasteiger partial charge in [-0.25, -0.2) is 19.0 Å². The van der Waals surface area contributed by atoms with Crippen LogP contribution in [0.4, 0.5) is 10.2 Å². The van der Waals surface area contributed by atoms with E-state index in [1.54, 1.807) is 13.8 Å². The highest BCUT2D eigenvalue weighted by Gasteiger charge is 2.26. The topological polar surface area (TPSA) is 99.0 Å². The predicted molar refractivity (Wildman–Crippen MR) is 113 cm³/mol. The van der Waals surface area contributed by atoms with E-state index in [1.807, 2.05) is 0 Å². The maximum atomic E-state index is 14.8. The molecule has 8 nitrogen and oxygen atoms in total. The second kappa shape index (κ2) is 8.68. The van der Waals surface area contributed by atoms with Crippen LogP contribution in [0.25, 0.3) is 10.9 Å². The zero-order chi connectivity index (χ0) is 22.1. The molecule has 3 aromatic rings. The number of carbonyl (C=O) groups is 2. The van der Waals surface area contributed by atoms with Gasteiger partial charge in [0.1, 0.15) is 17.2 Å². The molecule has 2 aromatic heterocycles. The number of alkyl halides is 1. The van der Waals surface area contributed by atoms with Crippen molar-refractivity contribution in [1.82, 2.24) is 19.7 Å². The Bertz CT molecular complexity index is 1170. The zero-order valence-electron chi connectivity index (χ0n) is 17.1. The van der Waals surface area contributed by atoms with Crippen LogP contribution >= 0.6 is 11.6 Å². The molecular formula is C21H21ClFN5O3. The highest BCUT2D eigenvalue weighted by atomic mass is 35.5. The van der Waals surface area contributed by atoms with Gasteiger partial charge in [0.25, 0.3) is 0 Å². The van der Waals surface area contributed by atoms with Gasteiger partial charge in [-0.1, -0.05) is 0 Å². The molecule has 10 heteroatoms. The summed E-state index contributed by atoms with van der Waals surface area (Å²) in [6, 6.07) is 2.61. The van der Waals surface area contributed by atoms with Crippen LogP contribution in [0.1, 0.15) is 52.9 Å². The summed E-state index contributed by atoms with van der Waals surface area (Å²) >= 11 is 5.58. The second-order valence-corrected chi connectivity index (χ2v) is 7.64. The predicted octanol–water partition coefficient (Wildman–Crippen LogP) is 3.69. The number of ether oxygens (including phenoxy) is 1. The van der Waals surface area contributed by atoms with E-state index in [2.05, 4.69) is 20.4 Å². The summed E-state index contributed by atoms with van der Waals surface area (Å²) in [6.45, 7) is 4.01. The third-order valence-corrected chi connectivity index (χ3v) is 5.53. The first-order valence-corrected chi connectivity index (χ1v) is 10.5. The third kappa shape index (κ3) is 4.03. The number of hydrogen-bond acceptors (Lipinski definition) is 6. The smallest absolute Gasteiger partial charge is 0.240 e. The number of aryl methyl sites for hydroxylation is 2. The number of hydrogen-bond donors (Lipinski definition) is 1. The van der Waals surface area contributed by atoms with Gasteiger partial charge in [-0.05, 0) is 45.2 Å². The van der Waals surface area contributed by atoms with Crippen molar-refractivity contribution >= 4 is 40.0 Å². The van der Waals surface area contributed by atoms with Crippen LogP contribution < -0.4 is 5.32 Å². The van der Waals surface area contributed by atoms with Crippen molar-refractivity contribution < 1.29 is 18.7 Å². The lowest BCUT2D eigenvalue weighted by Gasteiger charge is -2.23. The lowest BCUT2D eigenvalue weighted by molar-refractivity contribution is -0.113. The number of carbonyl (C=O) groups excluding carboxylic acids is 2. The highest BCUT2D eigenvalue weighted by molar-refractivity contribution is 6.29. The Morgan fingerprint density at radius 2 is 2.03 bits per heavy atom. The Morgan fingerprint density at radius 1 is 1.26 bits per heavy atom. The molecule has 1 atom stereocenters. The Balaban J connectivity index is 1.82. The minimum absolute atomic E-state index is 0.0132. The first-order valence-electron chi connectivity index (χ1n) is 9.93. The molecule has 1 N–H and O–H groups in total. The molecule has 1 aliphatic rings. The largest absolute Gasteiger partial charge is 0.356 e. The zero-order valence-corrected chi connectivity index (χ0v) is 17.9. The normalized spacial score (nSPS) is 16.5. The number of halogens is 2. The number of aromatic nitrogens is 4. The molecule has 1 aliphatic heterocycles. The van der Waals surface area contributed by atoms with Crippen molar-refractivity contribution in [3.63, 3.8) is 0 Å². The molecule has 0 saturated carbocycles. The van der Waals surface area contributed by atoms with Gasteiger partial charge in [0, 0.05) is 17.6 Å². The fourth-order valence-corrected chi connectivity index (χ4v) is 3.66. The van der Waals surface area contributed by atoms with Gasteiger partial charge in [0.05, 0.1) is 17.6 Å². The highest BCUT2D eigenvalue weighted by Crippen LogP contribution is 2.31. The molecule has 1 saturated heterocycles. The average Bonchev–Trinajstić information content (AvgIpc) is 3.22. The van der Waals surface area contributed by atoms with Gasteiger partial charge in [-0.2, -0.15) is 5.10 Å². The van der Waals surface area contributed by atoms with Crippen LogP contribution in [-0.2, 0) is 9.53 Å². The van der Waals surface area contributed by atoms with E-state index in [4.69, 9.17) is 16.3 Å². The molecule has 1 amide bonds. The number of rotatable bonds is 5. The minimum atomic E-state index is -0.514. The van der Waals surface area contributed by atoms with E-state index in [1.165, 1.54) is 23.0 Å². The van der Waals surface area contributed by atoms with Crippen LogP contribution in [0.5, 0.6) is 0 Å². The molecule has 0 radical (unpaired) electrons. The van der Waals surface area contributed by atoms with Crippen LogP contribution in [0.3, 0.4) is 0 Å². The van der Waals surface area contributed by atoms with Crippen molar-refractivity contribution in [3.8, 4) is 0 Å². The van der Waals surface area contributed by atoms with Crippen LogP contribution in [-0.4, -0.2) is 43.9 Å². The van der Waals surface area contributed by atoms with Crippen molar-refractivity contribution in [2.45, 2.75) is 39.3 Å². The quantitative estimate of drug-likeness (QED) is 0.475. The number of anilines is 1. The van der Waals surface area contributed by atoms with E-state index in [0.717, 1.165) is 12.8 Å². The molecule has 0 spiro atoms. The number of amides is 1. The summed E-state index contributed by atoms with van der Waals surface area (Å²) < 4.78 is 22.0. The number of nitrogens with zero attached hydrogens (tertiary/aromatic N) is 4. The monoisotopic (exact) mass is 445 g/mol. The van der Waals surface area contributed by atoms with E-state index in [9.17, 15) is 14.0 Å². The molecule has 0 aliphatic carbocycles. The van der Waals surface area contributed by atoms with E-state index >= 15 is 0 Å². The summed E-state index contributed by atoms with van der Waals surface area (Å²) in [7, 11) is 0. The summed E-state index contributed by atoms with van der Waals surface area (Å²) in [6.07, 6.45) is 3.69. The van der Waals surface area contributed by atoms with Crippen molar-refractivity contribution in [2.24, 2.45) is 0 Å². The fraction of sp³-hybridized carbons (Fsp3) is 0.381. The Morgan fingerprint density at radius 3 is 2.74 bits per heavy atom. The lowest BCUT2D eigenvalue weighted by atomic mass is 10.0. The van der Waals surface area contributed by atoms with E-state index in [-0.39, 0.29) is 34.7 Å². The Kier molecular flexibility index (Phi) is 5.97. The Hall–Kier alpha value is -2.91. The van der Waals surface area contributed by atoms with Gasteiger partial charge >= 0.3 is 0 Å². The standard InChI is InChI=1S/C21H21ClFN5O3/c1-11-12(2)26-21(27-16(29)9-22)18(25-11)20(30)13-6-7-15(23)19-14(13)10-24-28(19)17-5-3-4-8-31-17/h6-7,10,17H,3-5,8-9H2,1-2H3,(H,26,27,29). The number of fused-ring (bicyclic) bond motifs is 1. The van der Waals surface area contributed by atoms with Crippen molar-refractivity contribution in [3.05, 3.63) is 46.8 Å². The molecule has 1 fully saturated rings. The van der Waals surface area contributed by atoms with Crippen LogP contribution in [0, 0.1) is 19.7 Å². The first-order chi connectivity index (χ1) is 14.9. The summed E-state index contributed by atoms with van der Waals surface area (Å²) in [5.41, 5.74) is 1.46. The molecule has 162 valence electrons. The number of benzene rings is 1. The maximum absolute atomic E-state index is 14.8. The fourth-order valence-electron chi connectivity index (χ4n) is 3.60. The van der Waals surface area contributed by atoms with Gasteiger partial charge in [-0.15, -0.1) is 11.6 Å². The van der Waals surface area contributed by atoms with Crippen molar-refractivity contribution in [2.75, 3.05) is 17.8 Å². The first kappa shape index (κ1) is 21.3. The molecule has 3 heterocycles. The Labute approximate surface area is 182 Å². The van der Waals surface area contributed by atoms with E-state index in [0.29, 0.717) is 29.8 Å². The summed E-state index contributed by atoms with van der Waals surface area (Å²) in [5.74, 6) is -1.80. The van der Waals surface area contributed by atoms with Gasteiger partial charge in [0.15, 0.2) is 17.7 Å². The lowest BCUT2D eigenvalue weighted by Crippen LogP contribution is -2.20. The summed E-state index contributed by atoms with van der Waals surface area (Å²) in [4.78, 5) is 33.9. The van der Waals surface area contributed by atoms with Crippen molar-refractivity contribution in [1.29, 1.82) is 0 Å². The number of nitrogens with one attached hydrogen (secondary N) is 1.